The van der Waals surface area contributed by atoms with E-state index in [9.17, 15) is 14.0 Å². The van der Waals surface area contributed by atoms with Gasteiger partial charge in [0.25, 0.3) is 5.91 Å². The lowest BCUT2D eigenvalue weighted by Crippen LogP contribution is -2.54. The first kappa shape index (κ1) is 18.0. The molecular weight excluding hydrogens is 345 g/mol. The van der Waals surface area contributed by atoms with Crippen molar-refractivity contribution in [1.29, 1.82) is 0 Å². The number of carbonyl (C=O) groups excluding carboxylic acids is 2. The van der Waals surface area contributed by atoms with Gasteiger partial charge in [-0.1, -0.05) is 30.9 Å². The van der Waals surface area contributed by atoms with Gasteiger partial charge in [0.15, 0.2) is 0 Å². The van der Waals surface area contributed by atoms with Crippen LogP contribution in [0.1, 0.15) is 42.5 Å². The molecule has 5 nitrogen and oxygen atoms in total. The fraction of sp³-hybridized carbons (Fsp3) is 0.556. The van der Waals surface area contributed by atoms with Crippen LogP contribution in [0.2, 0.25) is 5.02 Å². The molecule has 1 aromatic carbocycles. The minimum absolute atomic E-state index is 0.0181. The quantitative estimate of drug-likeness (QED) is 0.872. The van der Waals surface area contributed by atoms with Gasteiger partial charge in [0.05, 0.1) is 5.56 Å². The fourth-order valence-corrected chi connectivity index (χ4v) is 3.62. The second kappa shape index (κ2) is 8.04. The third-order valence-corrected chi connectivity index (χ3v) is 5.18. The number of piperazine rings is 1. The molecule has 0 bridgehead atoms. The maximum atomic E-state index is 13.9. The highest BCUT2D eigenvalue weighted by molar-refractivity contribution is 6.30. The Morgan fingerprint density at radius 2 is 1.68 bits per heavy atom. The van der Waals surface area contributed by atoms with Crippen molar-refractivity contribution in [2.45, 2.75) is 38.1 Å². The Balaban J connectivity index is 1.52. The van der Waals surface area contributed by atoms with E-state index in [1.54, 1.807) is 9.80 Å². The number of rotatable bonds is 2. The summed E-state index contributed by atoms with van der Waals surface area (Å²) in [6, 6.07) is 4.26. The third-order valence-electron chi connectivity index (χ3n) is 4.95. The number of hydrogen-bond donors (Lipinski definition) is 1. The predicted octanol–water partition coefficient (Wildman–Crippen LogP) is 3.28. The second-order valence-electron chi connectivity index (χ2n) is 6.69. The van der Waals surface area contributed by atoms with Gasteiger partial charge in [-0.2, -0.15) is 0 Å². The van der Waals surface area contributed by atoms with Crippen LogP contribution in [-0.4, -0.2) is 54.0 Å². The van der Waals surface area contributed by atoms with E-state index in [1.165, 1.54) is 31.4 Å². The van der Waals surface area contributed by atoms with Crippen molar-refractivity contribution in [1.82, 2.24) is 15.1 Å². The fourth-order valence-electron chi connectivity index (χ4n) is 3.46. The van der Waals surface area contributed by atoms with Crippen molar-refractivity contribution in [3.63, 3.8) is 0 Å². The van der Waals surface area contributed by atoms with Crippen LogP contribution >= 0.6 is 11.6 Å². The van der Waals surface area contributed by atoms with Crippen molar-refractivity contribution in [2.24, 2.45) is 0 Å². The minimum atomic E-state index is -0.616. The SMILES string of the molecule is O=C(NC1CCCCC1)N1CCN(C(=O)c2ccc(Cl)cc2F)CC1. The highest BCUT2D eigenvalue weighted by Gasteiger charge is 2.27. The molecule has 0 aromatic heterocycles. The van der Waals surface area contributed by atoms with E-state index in [1.807, 2.05) is 0 Å². The van der Waals surface area contributed by atoms with Gasteiger partial charge < -0.3 is 15.1 Å². The van der Waals surface area contributed by atoms with Crippen LogP contribution < -0.4 is 5.32 Å². The van der Waals surface area contributed by atoms with Gasteiger partial charge in [0.1, 0.15) is 5.82 Å². The average Bonchev–Trinajstić information content (AvgIpc) is 2.62. The maximum absolute atomic E-state index is 13.9. The number of nitrogens with one attached hydrogen (secondary N) is 1. The molecule has 0 atom stereocenters. The number of nitrogens with zero attached hydrogens (tertiary/aromatic N) is 2. The standard InChI is InChI=1S/C18H23ClFN3O2/c19-13-6-7-15(16(20)12-13)17(24)22-8-10-23(11-9-22)18(25)21-14-4-2-1-3-5-14/h6-7,12,14H,1-5,8-11H2,(H,21,25). The Morgan fingerprint density at radius 1 is 1.04 bits per heavy atom. The molecule has 136 valence electrons. The molecule has 3 amide bonds. The van der Waals surface area contributed by atoms with Gasteiger partial charge in [0.2, 0.25) is 0 Å². The zero-order valence-electron chi connectivity index (χ0n) is 14.1. The van der Waals surface area contributed by atoms with Crippen molar-refractivity contribution in [3.05, 3.63) is 34.6 Å². The third kappa shape index (κ3) is 4.42. The molecule has 1 N–H and O–H groups in total. The molecule has 1 aromatic rings. The molecule has 1 aliphatic heterocycles. The number of halogens is 2. The first-order valence-corrected chi connectivity index (χ1v) is 9.22. The molecule has 0 spiro atoms. The number of benzene rings is 1. The van der Waals surface area contributed by atoms with Gasteiger partial charge in [0, 0.05) is 37.2 Å². The number of carbonyl (C=O) groups is 2. The molecule has 1 saturated heterocycles. The smallest absolute Gasteiger partial charge is 0.317 e. The molecule has 7 heteroatoms. The Hall–Kier alpha value is -1.82. The van der Waals surface area contributed by atoms with E-state index >= 15 is 0 Å². The molecule has 25 heavy (non-hydrogen) atoms. The Kier molecular flexibility index (Phi) is 5.78. The van der Waals surface area contributed by atoms with Gasteiger partial charge in [-0.25, -0.2) is 9.18 Å². The molecule has 1 saturated carbocycles. The normalized spacial score (nSPS) is 19.0. The first-order valence-electron chi connectivity index (χ1n) is 8.84. The van der Waals surface area contributed by atoms with Gasteiger partial charge in [-0.05, 0) is 31.0 Å². The van der Waals surface area contributed by atoms with Crippen molar-refractivity contribution >= 4 is 23.5 Å². The summed E-state index contributed by atoms with van der Waals surface area (Å²) in [4.78, 5) is 28.1. The van der Waals surface area contributed by atoms with Crippen LogP contribution in [0.4, 0.5) is 9.18 Å². The van der Waals surface area contributed by atoms with Gasteiger partial charge in [-0.3, -0.25) is 4.79 Å². The van der Waals surface area contributed by atoms with Gasteiger partial charge in [-0.15, -0.1) is 0 Å². The summed E-state index contributed by atoms with van der Waals surface area (Å²) in [5.41, 5.74) is 0.0181. The Bertz CT molecular complexity index is 641. The van der Waals surface area contributed by atoms with Crippen LogP contribution in [0.25, 0.3) is 0 Å². The van der Waals surface area contributed by atoms with Crippen molar-refractivity contribution in [2.75, 3.05) is 26.2 Å². The molecule has 1 heterocycles. The number of hydrogen-bond acceptors (Lipinski definition) is 2. The van der Waals surface area contributed by atoms with E-state index in [0.29, 0.717) is 26.2 Å². The lowest BCUT2D eigenvalue weighted by molar-refractivity contribution is 0.0658. The van der Waals surface area contributed by atoms with Crippen LogP contribution in [0, 0.1) is 5.82 Å². The lowest BCUT2D eigenvalue weighted by Gasteiger charge is -2.36. The molecule has 1 aliphatic carbocycles. The van der Waals surface area contributed by atoms with Crippen LogP contribution in [0.5, 0.6) is 0 Å². The van der Waals surface area contributed by atoms with Crippen LogP contribution in [0.3, 0.4) is 0 Å². The van der Waals surface area contributed by atoms with Gasteiger partial charge >= 0.3 is 6.03 Å². The second-order valence-corrected chi connectivity index (χ2v) is 7.12. The molecule has 0 unspecified atom stereocenters. The summed E-state index contributed by atoms with van der Waals surface area (Å²) in [6.07, 6.45) is 5.66. The molecule has 0 radical (unpaired) electrons. The summed E-state index contributed by atoms with van der Waals surface area (Å²) in [6.45, 7) is 1.72. The van der Waals surface area contributed by atoms with Crippen molar-refractivity contribution in [3.8, 4) is 0 Å². The number of amides is 3. The topological polar surface area (TPSA) is 52.7 Å². The molecular formula is C18H23ClFN3O2. The lowest BCUT2D eigenvalue weighted by atomic mass is 9.96. The maximum Gasteiger partial charge on any atom is 0.317 e. The Morgan fingerprint density at radius 3 is 2.32 bits per heavy atom. The highest BCUT2D eigenvalue weighted by Crippen LogP contribution is 2.19. The summed E-state index contributed by atoms with van der Waals surface area (Å²) in [5.74, 6) is -0.975. The molecule has 2 fully saturated rings. The zero-order chi connectivity index (χ0) is 17.8. The first-order chi connectivity index (χ1) is 12.0. The van der Waals surface area contributed by atoms with Crippen LogP contribution in [0.15, 0.2) is 18.2 Å². The summed E-state index contributed by atoms with van der Waals surface area (Å²) >= 11 is 5.73. The largest absolute Gasteiger partial charge is 0.335 e. The highest BCUT2D eigenvalue weighted by atomic mass is 35.5. The predicted molar refractivity (Wildman–Crippen MR) is 94.3 cm³/mol. The van der Waals surface area contributed by atoms with E-state index in [4.69, 9.17) is 11.6 Å². The Labute approximate surface area is 152 Å². The summed E-state index contributed by atoms with van der Waals surface area (Å²) in [7, 11) is 0. The van der Waals surface area contributed by atoms with E-state index in [-0.39, 0.29) is 28.6 Å². The summed E-state index contributed by atoms with van der Waals surface area (Å²) < 4.78 is 13.9. The van der Waals surface area contributed by atoms with E-state index in [0.717, 1.165) is 18.9 Å². The van der Waals surface area contributed by atoms with Crippen LogP contribution in [-0.2, 0) is 0 Å². The van der Waals surface area contributed by atoms with E-state index in [2.05, 4.69) is 5.32 Å². The minimum Gasteiger partial charge on any atom is -0.335 e. The molecule has 2 aliphatic rings. The van der Waals surface area contributed by atoms with E-state index < -0.39 is 5.82 Å². The number of urea groups is 1. The zero-order valence-corrected chi connectivity index (χ0v) is 14.9. The summed E-state index contributed by atoms with van der Waals surface area (Å²) in [5, 5.41) is 3.35. The average molecular weight is 368 g/mol. The van der Waals surface area contributed by atoms with Crippen molar-refractivity contribution < 1.29 is 14.0 Å². The monoisotopic (exact) mass is 367 g/mol. The molecule has 3 rings (SSSR count).